The number of nitrogens with zero attached hydrogens (tertiary/aromatic N) is 2. The van der Waals surface area contributed by atoms with E-state index in [1.165, 1.54) is 6.39 Å². The molecule has 0 saturated carbocycles. The molecule has 19 heavy (non-hydrogen) atoms. The van der Waals surface area contributed by atoms with E-state index in [-0.39, 0.29) is 18.0 Å². The minimum atomic E-state index is -0.431. The summed E-state index contributed by atoms with van der Waals surface area (Å²) >= 11 is 0. The van der Waals surface area contributed by atoms with Crippen LogP contribution in [0.2, 0.25) is 0 Å². The van der Waals surface area contributed by atoms with Crippen molar-refractivity contribution in [2.24, 2.45) is 5.92 Å². The van der Waals surface area contributed by atoms with Crippen LogP contribution < -0.4 is 0 Å². The molecule has 0 radical (unpaired) electrons. The number of hydrogen-bond donors (Lipinski definition) is 0. The Hall–Kier alpha value is -1.43. The highest BCUT2D eigenvalue weighted by molar-refractivity contribution is 5.70. The van der Waals surface area contributed by atoms with Crippen LogP contribution in [0, 0.1) is 5.92 Å². The summed E-state index contributed by atoms with van der Waals surface area (Å²) in [5, 5.41) is 3.77. The van der Waals surface area contributed by atoms with Crippen LogP contribution in [0.1, 0.15) is 52.0 Å². The second kappa shape index (κ2) is 5.69. The monoisotopic (exact) mass is 268 g/mol. The van der Waals surface area contributed by atoms with Crippen molar-refractivity contribution in [2.75, 3.05) is 6.61 Å². The number of hydrogen-bond acceptors (Lipinski definition) is 6. The van der Waals surface area contributed by atoms with Gasteiger partial charge in [0.25, 0.3) is 0 Å². The Morgan fingerprint density at radius 2 is 2.26 bits per heavy atom. The zero-order valence-corrected chi connectivity index (χ0v) is 11.6. The van der Waals surface area contributed by atoms with E-state index >= 15 is 0 Å². The summed E-state index contributed by atoms with van der Waals surface area (Å²) in [5.74, 6) is 0.618. The highest BCUT2D eigenvalue weighted by atomic mass is 16.6. The van der Waals surface area contributed by atoms with Gasteiger partial charge in [0.05, 0.1) is 13.0 Å². The molecule has 2 heterocycles. The molecule has 0 N–H and O–H groups in total. The van der Waals surface area contributed by atoms with Crippen molar-refractivity contribution >= 4 is 5.97 Å². The quantitative estimate of drug-likeness (QED) is 0.783. The summed E-state index contributed by atoms with van der Waals surface area (Å²) in [6, 6.07) is 0. The Kier molecular flexibility index (Phi) is 4.19. The van der Waals surface area contributed by atoms with Gasteiger partial charge in [0.1, 0.15) is 11.7 Å². The molecule has 106 valence electrons. The first-order valence-corrected chi connectivity index (χ1v) is 6.54. The summed E-state index contributed by atoms with van der Waals surface area (Å²) in [5.41, 5.74) is -0.431. The Morgan fingerprint density at radius 1 is 1.47 bits per heavy atom. The third-order valence-corrected chi connectivity index (χ3v) is 2.91. The van der Waals surface area contributed by atoms with E-state index in [0.717, 1.165) is 12.8 Å². The maximum Gasteiger partial charge on any atom is 0.306 e. The van der Waals surface area contributed by atoms with Crippen LogP contribution >= 0.6 is 0 Å². The first kappa shape index (κ1) is 14.0. The molecule has 2 rings (SSSR count). The smallest absolute Gasteiger partial charge is 0.306 e. The molecule has 1 aliphatic heterocycles. The second-order valence-corrected chi connectivity index (χ2v) is 5.85. The van der Waals surface area contributed by atoms with Crippen LogP contribution in [0.25, 0.3) is 0 Å². The molecule has 0 unspecified atom stereocenters. The lowest BCUT2D eigenvalue weighted by Gasteiger charge is -2.28. The molecule has 1 aliphatic rings. The third-order valence-electron chi connectivity index (χ3n) is 2.91. The molecule has 1 saturated heterocycles. The maximum atomic E-state index is 11.7. The normalized spacial score (nSPS) is 24.2. The average Bonchev–Trinajstić information content (AvgIpc) is 2.80. The van der Waals surface area contributed by atoms with Crippen molar-refractivity contribution in [1.82, 2.24) is 10.1 Å². The fourth-order valence-corrected chi connectivity index (χ4v) is 2.11. The van der Waals surface area contributed by atoms with E-state index in [1.807, 2.05) is 20.8 Å². The van der Waals surface area contributed by atoms with Crippen LogP contribution in [0.15, 0.2) is 10.9 Å². The lowest BCUT2D eigenvalue weighted by atomic mass is 9.95. The van der Waals surface area contributed by atoms with Gasteiger partial charge in [-0.3, -0.25) is 4.79 Å². The third kappa shape index (κ3) is 4.31. The van der Waals surface area contributed by atoms with Gasteiger partial charge in [0.2, 0.25) is 6.39 Å². The SMILES string of the molecule is CC(C)(C)OC(=O)C[C@@H]1CC[C@@H](c2ncon2)OC1. The molecule has 6 heteroatoms. The molecule has 0 bridgehead atoms. The zero-order valence-electron chi connectivity index (χ0n) is 11.6. The Labute approximate surface area is 112 Å². The number of esters is 1. The van der Waals surface area contributed by atoms with Crippen molar-refractivity contribution in [3.63, 3.8) is 0 Å². The number of carbonyl (C=O) groups is 1. The molecular formula is C13H20N2O4. The molecule has 0 aliphatic carbocycles. The predicted octanol–water partition coefficient (Wildman–Crippen LogP) is 2.27. The molecule has 1 aromatic heterocycles. The van der Waals surface area contributed by atoms with Crippen molar-refractivity contribution < 1.29 is 18.8 Å². The van der Waals surface area contributed by atoms with Gasteiger partial charge in [0, 0.05) is 0 Å². The maximum absolute atomic E-state index is 11.7. The summed E-state index contributed by atoms with van der Waals surface area (Å²) in [6.07, 6.45) is 3.28. The van der Waals surface area contributed by atoms with E-state index in [9.17, 15) is 4.79 Å². The fourth-order valence-electron chi connectivity index (χ4n) is 2.11. The summed E-state index contributed by atoms with van der Waals surface area (Å²) in [7, 11) is 0. The van der Waals surface area contributed by atoms with E-state index < -0.39 is 5.60 Å². The molecular weight excluding hydrogens is 248 g/mol. The van der Waals surface area contributed by atoms with Gasteiger partial charge in [-0.15, -0.1) is 0 Å². The molecule has 0 spiro atoms. The summed E-state index contributed by atoms with van der Waals surface area (Å²) in [4.78, 5) is 15.7. The van der Waals surface area contributed by atoms with Gasteiger partial charge in [0.15, 0.2) is 5.82 Å². The van der Waals surface area contributed by atoms with Gasteiger partial charge >= 0.3 is 5.97 Å². The fraction of sp³-hybridized carbons (Fsp3) is 0.769. The number of carbonyl (C=O) groups excluding carboxylic acids is 1. The Bertz CT molecular complexity index is 403. The summed E-state index contributed by atoms with van der Waals surface area (Å²) < 4.78 is 15.7. The number of rotatable bonds is 3. The number of aromatic nitrogens is 2. The molecule has 0 amide bonds. The summed E-state index contributed by atoms with van der Waals surface area (Å²) in [6.45, 7) is 6.13. The van der Waals surface area contributed by atoms with Crippen molar-refractivity contribution in [3.05, 3.63) is 12.2 Å². The largest absolute Gasteiger partial charge is 0.460 e. The van der Waals surface area contributed by atoms with Crippen molar-refractivity contribution in [3.8, 4) is 0 Å². The van der Waals surface area contributed by atoms with E-state index in [2.05, 4.69) is 10.1 Å². The van der Waals surface area contributed by atoms with Crippen molar-refractivity contribution in [2.45, 2.75) is 51.7 Å². The predicted molar refractivity (Wildman–Crippen MR) is 66.2 cm³/mol. The van der Waals surface area contributed by atoms with Crippen LogP contribution in [0.4, 0.5) is 0 Å². The number of ether oxygens (including phenoxy) is 2. The molecule has 0 aromatic carbocycles. The standard InChI is InChI=1S/C13H20N2O4/c1-13(2,3)19-11(16)6-9-4-5-10(17-7-9)12-14-8-18-15-12/h8-10H,4-7H2,1-3H3/t9-,10-/m0/s1. The minimum absolute atomic E-state index is 0.117. The van der Waals surface area contributed by atoms with Gasteiger partial charge in [-0.05, 0) is 39.5 Å². The highest BCUT2D eigenvalue weighted by Gasteiger charge is 2.28. The average molecular weight is 268 g/mol. The van der Waals surface area contributed by atoms with Crippen molar-refractivity contribution in [1.29, 1.82) is 0 Å². The Morgan fingerprint density at radius 3 is 2.79 bits per heavy atom. The van der Waals surface area contributed by atoms with E-state index in [4.69, 9.17) is 14.0 Å². The molecule has 1 fully saturated rings. The van der Waals surface area contributed by atoms with E-state index in [1.54, 1.807) is 0 Å². The van der Waals surface area contributed by atoms with Crippen LogP contribution in [-0.4, -0.2) is 28.3 Å². The Balaban J connectivity index is 1.76. The van der Waals surface area contributed by atoms with Gasteiger partial charge in [-0.2, -0.15) is 4.98 Å². The first-order valence-electron chi connectivity index (χ1n) is 6.54. The van der Waals surface area contributed by atoms with Gasteiger partial charge in [-0.25, -0.2) is 0 Å². The highest BCUT2D eigenvalue weighted by Crippen LogP contribution is 2.30. The molecule has 1 aromatic rings. The zero-order chi connectivity index (χ0) is 13.9. The lowest BCUT2D eigenvalue weighted by molar-refractivity contribution is -0.157. The minimum Gasteiger partial charge on any atom is -0.460 e. The second-order valence-electron chi connectivity index (χ2n) is 5.85. The van der Waals surface area contributed by atoms with Crippen LogP contribution in [-0.2, 0) is 14.3 Å². The van der Waals surface area contributed by atoms with E-state index in [0.29, 0.717) is 18.9 Å². The molecule has 2 atom stereocenters. The van der Waals surface area contributed by atoms with Crippen LogP contribution in [0.5, 0.6) is 0 Å². The van der Waals surface area contributed by atoms with Gasteiger partial charge < -0.3 is 14.0 Å². The lowest BCUT2D eigenvalue weighted by Crippen LogP contribution is -2.28. The first-order chi connectivity index (χ1) is 8.94. The molecule has 6 nitrogen and oxygen atoms in total. The van der Waals surface area contributed by atoms with Gasteiger partial charge in [-0.1, -0.05) is 5.16 Å². The topological polar surface area (TPSA) is 74.5 Å². The van der Waals surface area contributed by atoms with Crippen LogP contribution in [0.3, 0.4) is 0 Å².